The molecular weight excluding hydrogens is 443 g/mol. The van der Waals surface area contributed by atoms with Gasteiger partial charge in [0.15, 0.2) is 5.75 Å². The second-order valence-electron chi connectivity index (χ2n) is 7.26. The number of urea groups is 1. The van der Waals surface area contributed by atoms with E-state index in [4.69, 9.17) is 32.7 Å². The van der Waals surface area contributed by atoms with Gasteiger partial charge in [-0.05, 0) is 37.0 Å². The zero-order valence-corrected chi connectivity index (χ0v) is 18.0. The smallest absolute Gasteiger partial charge is 0.347 e. The molecular formula is C21H20Cl2N4O4. The van der Waals surface area contributed by atoms with Crippen molar-refractivity contribution in [2.24, 2.45) is 11.0 Å². The molecule has 1 N–H and O–H groups in total. The lowest BCUT2D eigenvalue weighted by Gasteiger charge is -2.23. The molecule has 0 unspecified atom stereocenters. The Morgan fingerprint density at radius 1 is 1.19 bits per heavy atom. The molecule has 1 fully saturated rings. The minimum Gasteiger partial charge on any atom is -0.453 e. The first-order valence-electron chi connectivity index (χ1n) is 9.70. The summed E-state index contributed by atoms with van der Waals surface area (Å²) in [6, 6.07) is 5.58. The third-order valence-electron chi connectivity index (χ3n) is 4.99. The molecule has 8 nitrogen and oxygen atoms in total. The van der Waals surface area contributed by atoms with Crippen LogP contribution < -0.4 is 20.6 Å². The van der Waals surface area contributed by atoms with Gasteiger partial charge in [0, 0.05) is 32.0 Å². The zero-order chi connectivity index (χ0) is 22.0. The van der Waals surface area contributed by atoms with Crippen molar-refractivity contribution in [1.29, 1.82) is 0 Å². The van der Waals surface area contributed by atoms with Crippen molar-refractivity contribution in [1.82, 2.24) is 9.88 Å². The van der Waals surface area contributed by atoms with Crippen LogP contribution in [0.4, 0.5) is 10.5 Å². The van der Waals surface area contributed by atoms with Crippen LogP contribution in [-0.4, -0.2) is 30.0 Å². The van der Waals surface area contributed by atoms with Crippen LogP contribution in [0.3, 0.4) is 0 Å². The van der Waals surface area contributed by atoms with Gasteiger partial charge in [-0.1, -0.05) is 29.8 Å². The van der Waals surface area contributed by atoms with E-state index in [1.54, 1.807) is 16.8 Å². The number of benzene rings is 1. The number of nitrogens with one attached hydrogen (secondary N) is 1. The van der Waals surface area contributed by atoms with Crippen LogP contribution >= 0.6 is 23.2 Å². The van der Waals surface area contributed by atoms with E-state index >= 15 is 0 Å². The van der Waals surface area contributed by atoms with E-state index < -0.39 is 6.03 Å². The summed E-state index contributed by atoms with van der Waals surface area (Å²) in [4.78, 5) is 24.4. The van der Waals surface area contributed by atoms with Gasteiger partial charge in [0.1, 0.15) is 5.75 Å². The summed E-state index contributed by atoms with van der Waals surface area (Å²) in [7, 11) is 0. The number of hydrogen-bond donors (Lipinski definition) is 1. The van der Waals surface area contributed by atoms with Crippen LogP contribution in [0.2, 0.25) is 10.0 Å². The van der Waals surface area contributed by atoms with E-state index in [1.165, 1.54) is 24.4 Å². The summed E-state index contributed by atoms with van der Waals surface area (Å²) in [6.07, 6.45) is 4.88. The maximum Gasteiger partial charge on any atom is 0.347 e. The van der Waals surface area contributed by atoms with Gasteiger partial charge in [-0.3, -0.25) is 4.79 Å². The van der Waals surface area contributed by atoms with Crippen molar-refractivity contribution in [2.45, 2.75) is 19.4 Å². The summed E-state index contributed by atoms with van der Waals surface area (Å²) in [6.45, 7) is 5.64. The fourth-order valence-corrected chi connectivity index (χ4v) is 3.94. The minimum absolute atomic E-state index is 0.109. The number of carbonyl (C=O) groups is 1. The fourth-order valence-electron chi connectivity index (χ4n) is 3.39. The van der Waals surface area contributed by atoms with Crippen molar-refractivity contribution >= 4 is 41.1 Å². The van der Waals surface area contributed by atoms with Crippen molar-refractivity contribution < 1.29 is 14.3 Å². The Morgan fingerprint density at radius 2 is 1.90 bits per heavy atom. The first kappa shape index (κ1) is 21.4. The average Bonchev–Trinajstić information content (AvgIpc) is 2.73. The first-order valence-corrected chi connectivity index (χ1v) is 10.5. The second kappa shape index (κ2) is 9.13. The molecule has 1 aromatic carbocycles. The molecule has 0 saturated carbocycles. The molecule has 0 spiro atoms. The van der Waals surface area contributed by atoms with Gasteiger partial charge < -0.3 is 19.4 Å². The first-order chi connectivity index (χ1) is 14.9. The van der Waals surface area contributed by atoms with E-state index in [2.05, 4.69) is 17.0 Å². The normalized spacial score (nSPS) is 17.0. The largest absolute Gasteiger partial charge is 0.453 e. The number of hydrogen-bond acceptors (Lipinski definition) is 5. The predicted octanol–water partition coefficient (Wildman–Crippen LogP) is 4.40. The van der Waals surface area contributed by atoms with Crippen molar-refractivity contribution in [3.05, 3.63) is 63.1 Å². The van der Waals surface area contributed by atoms with E-state index in [1.807, 2.05) is 0 Å². The Labute approximate surface area is 188 Å². The molecule has 0 atom stereocenters. The molecule has 2 aliphatic heterocycles. The molecule has 4 rings (SSSR count). The van der Waals surface area contributed by atoms with Gasteiger partial charge in [0.25, 0.3) is 5.56 Å². The number of halogens is 2. The van der Waals surface area contributed by atoms with Crippen molar-refractivity contribution in [3.8, 4) is 11.5 Å². The third kappa shape index (κ3) is 4.92. The summed E-state index contributed by atoms with van der Waals surface area (Å²) in [5.41, 5.74) is 0.643. The highest BCUT2D eigenvalue weighted by Gasteiger charge is 2.22. The topological polar surface area (TPSA) is 85.2 Å². The van der Waals surface area contributed by atoms with Crippen LogP contribution in [0.5, 0.6) is 11.5 Å². The van der Waals surface area contributed by atoms with Gasteiger partial charge >= 0.3 is 6.03 Å². The summed E-state index contributed by atoms with van der Waals surface area (Å²) >= 11 is 12.8. The minimum atomic E-state index is -0.478. The van der Waals surface area contributed by atoms with Gasteiger partial charge in [-0.25, -0.2) is 4.79 Å². The van der Waals surface area contributed by atoms with E-state index in [0.717, 1.165) is 17.9 Å². The third-order valence-corrected chi connectivity index (χ3v) is 5.55. The lowest BCUT2D eigenvalue weighted by Crippen LogP contribution is -2.40. The van der Waals surface area contributed by atoms with Crippen LogP contribution in [0.1, 0.15) is 12.8 Å². The molecule has 2 amide bonds. The number of amides is 2. The quantitative estimate of drug-likeness (QED) is 0.712. The molecule has 0 aliphatic carbocycles. The molecule has 0 bridgehead atoms. The number of carbonyl (C=O) groups excluding carboxylic acids is 1. The number of hydrazone groups is 1. The number of aromatic nitrogens is 1. The van der Waals surface area contributed by atoms with Crippen molar-refractivity contribution in [2.75, 3.05) is 18.2 Å². The Balaban J connectivity index is 1.56. The Bertz CT molecular complexity index is 1090. The van der Waals surface area contributed by atoms with Gasteiger partial charge in [0.2, 0.25) is 0 Å². The predicted molar refractivity (Wildman–Crippen MR) is 119 cm³/mol. The van der Waals surface area contributed by atoms with Gasteiger partial charge in [-0.15, -0.1) is 0 Å². The van der Waals surface area contributed by atoms with E-state index in [0.29, 0.717) is 42.8 Å². The number of nitrogens with zero attached hydrogens (tertiary/aromatic N) is 3. The lowest BCUT2D eigenvalue weighted by molar-refractivity contribution is 0.0609. The Hall–Kier alpha value is -2.81. The van der Waals surface area contributed by atoms with Gasteiger partial charge in [-0.2, -0.15) is 10.1 Å². The highest BCUT2D eigenvalue weighted by Crippen LogP contribution is 2.40. The second-order valence-corrected chi connectivity index (χ2v) is 8.08. The van der Waals surface area contributed by atoms with Crippen LogP contribution in [0.15, 0.2) is 52.6 Å². The molecule has 1 aromatic heterocycles. The van der Waals surface area contributed by atoms with Crippen LogP contribution in [-0.2, 0) is 11.3 Å². The lowest BCUT2D eigenvalue weighted by atomic mass is 10.0. The number of allylic oxidation sites excluding steroid dienone is 1. The van der Waals surface area contributed by atoms with E-state index in [-0.39, 0.29) is 21.4 Å². The number of anilines is 1. The molecule has 2 aromatic rings. The molecule has 2 aliphatic rings. The highest BCUT2D eigenvalue weighted by molar-refractivity contribution is 6.37. The summed E-state index contributed by atoms with van der Waals surface area (Å²) in [5, 5.41) is 8.08. The standard InChI is InChI=1S/C21H20Cl2N4O4/c1-13-10-24-27(21(29)25-13)15-8-17(22)20(18(23)9-15)31-16-2-3-19(28)26(12-16)11-14-4-6-30-7-5-14/h2-3,8-10,12,14H,1,4-7,11H2,(H,25,29). The molecule has 0 radical (unpaired) electrons. The maximum atomic E-state index is 12.3. The monoisotopic (exact) mass is 462 g/mol. The average molecular weight is 463 g/mol. The molecule has 3 heterocycles. The number of rotatable bonds is 5. The highest BCUT2D eigenvalue weighted by atomic mass is 35.5. The number of pyridine rings is 1. The fraction of sp³-hybridized carbons (Fsp3) is 0.286. The molecule has 10 heteroatoms. The zero-order valence-electron chi connectivity index (χ0n) is 16.5. The van der Waals surface area contributed by atoms with Crippen LogP contribution in [0, 0.1) is 5.92 Å². The Kier molecular flexibility index (Phi) is 6.31. The Morgan fingerprint density at radius 3 is 2.58 bits per heavy atom. The van der Waals surface area contributed by atoms with Crippen LogP contribution in [0.25, 0.3) is 0 Å². The molecule has 1 saturated heterocycles. The number of ether oxygens (including phenoxy) is 2. The summed E-state index contributed by atoms with van der Waals surface area (Å²) < 4.78 is 12.9. The molecule has 31 heavy (non-hydrogen) atoms. The maximum absolute atomic E-state index is 12.3. The SMILES string of the molecule is C=C1C=NN(c2cc(Cl)c(Oc3ccc(=O)n(CC4CCOCC4)c3)c(Cl)c2)C(=O)N1. The van der Waals surface area contributed by atoms with Crippen molar-refractivity contribution in [3.63, 3.8) is 0 Å². The molecule has 162 valence electrons. The van der Waals surface area contributed by atoms with E-state index in [9.17, 15) is 9.59 Å². The van der Waals surface area contributed by atoms with Gasteiger partial charge in [0.05, 0.1) is 27.6 Å². The summed E-state index contributed by atoms with van der Waals surface area (Å²) in [5.74, 6) is 1.02.